The third-order valence-corrected chi connectivity index (χ3v) is 5.13. The lowest BCUT2D eigenvalue weighted by Crippen LogP contribution is -2.12. The van der Waals surface area contributed by atoms with E-state index in [1.54, 1.807) is 30.5 Å². The van der Waals surface area contributed by atoms with Crippen LogP contribution < -0.4 is 0 Å². The first-order valence-corrected chi connectivity index (χ1v) is 10.8. The van der Waals surface area contributed by atoms with Crippen LogP contribution in [0.3, 0.4) is 0 Å². The quantitative estimate of drug-likeness (QED) is 0.544. The molecule has 5 nitrogen and oxygen atoms in total. The van der Waals surface area contributed by atoms with Crippen molar-refractivity contribution in [3.8, 4) is 0 Å². The molecule has 0 unspecified atom stereocenters. The summed E-state index contributed by atoms with van der Waals surface area (Å²) in [5.41, 5.74) is 0.573. The van der Waals surface area contributed by atoms with Gasteiger partial charge in [-0.25, -0.2) is 0 Å². The molecule has 2 aromatic carbocycles. The zero-order valence-corrected chi connectivity index (χ0v) is 17.0. The van der Waals surface area contributed by atoms with Gasteiger partial charge in [0, 0.05) is 10.6 Å². The molecule has 0 fully saturated rings. The molecular weight excluding hydrogens is 392 g/mol. The van der Waals surface area contributed by atoms with E-state index in [2.05, 4.69) is 9.39 Å². The fraction of sp³-hybridized carbons (Fsp3) is 0.222. The normalized spacial score (nSPS) is 13.1. The fourth-order valence-corrected chi connectivity index (χ4v) is 3.46. The van der Waals surface area contributed by atoms with Crippen LogP contribution in [0.2, 0.25) is 5.02 Å². The second-order valence-electron chi connectivity index (χ2n) is 5.46. The minimum absolute atomic E-state index is 0.0426. The molecule has 0 aliphatic heterocycles. The number of rotatable bonds is 4. The molecule has 138 valence electrons. The van der Waals surface area contributed by atoms with Crippen molar-refractivity contribution >= 4 is 44.5 Å². The summed E-state index contributed by atoms with van der Waals surface area (Å²) in [6.45, 7) is 3.74. The molecule has 2 rings (SSSR count). The minimum Gasteiger partial charge on any atom is -0.470 e. The van der Waals surface area contributed by atoms with Crippen molar-refractivity contribution in [2.45, 2.75) is 24.8 Å². The first-order valence-electron chi connectivity index (χ1n) is 7.77. The molecule has 2 aromatic rings. The van der Waals surface area contributed by atoms with Gasteiger partial charge in [0.05, 0.1) is 11.0 Å². The van der Waals surface area contributed by atoms with E-state index in [0.717, 1.165) is 0 Å². The number of halogens is 1. The van der Waals surface area contributed by atoms with E-state index in [9.17, 15) is 8.42 Å². The highest BCUT2D eigenvalue weighted by molar-refractivity contribution is 8.13. The molecule has 0 saturated heterocycles. The Morgan fingerprint density at radius 1 is 1.08 bits per heavy atom. The van der Waals surface area contributed by atoms with Crippen molar-refractivity contribution in [3.63, 3.8) is 0 Å². The summed E-state index contributed by atoms with van der Waals surface area (Å²) in [6, 6.07) is 14.7. The Labute approximate surface area is 163 Å². The highest BCUT2D eigenvalue weighted by Crippen LogP contribution is 2.18. The lowest BCUT2D eigenvalue weighted by molar-refractivity contribution is 0.237. The number of hydrogen-bond acceptors (Lipinski definition) is 4. The molecule has 0 aliphatic rings. The molecule has 26 heavy (non-hydrogen) atoms. The van der Waals surface area contributed by atoms with Crippen LogP contribution in [0.1, 0.15) is 19.4 Å². The molecular formula is C18H19ClN2O3S2. The number of hydrogen-bond donors (Lipinski definition) is 0. The van der Waals surface area contributed by atoms with Crippen LogP contribution in [0.25, 0.3) is 0 Å². The maximum absolute atomic E-state index is 12.7. The SMILES string of the molecule is CSC(=N/C(=N/S(=O)(=O)c1ccc(Cl)cc1)c1ccccc1)OC(C)C. The number of sulfonamides is 1. The fourth-order valence-electron chi connectivity index (χ4n) is 1.91. The van der Waals surface area contributed by atoms with Gasteiger partial charge >= 0.3 is 0 Å². The monoisotopic (exact) mass is 410 g/mol. The molecule has 0 heterocycles. The average molecular weight is 411 g/mol. The number of thioether (sulfide) groups is 1. The maximum Gasteiger partial charge on any atom is 0.284 e. The smallest absolute Gasteiger partial charge is 0.284 e. The van der Waals surface area contributed by atoms with E-state index in [1.807, 2.05) is 19.9 Å². The zero-order valence-electron chi connectivity index (χ0n) is 14.6. The van der Waals surface area contributed by atoms with Crippen molar-refractivity contribution in [1.29, 1.82) is 0 Å². The first kappa shape index (κ1) is 20.5. The van der Waals surface area contributed by atoms with Crippen LogP contribution in [0.15, 0.2) is 68.9 Å². The van der Waals surface area contributed by atoms with Gasteiger partial charge in [0.15, 0.2) is 5.84 Å². The largest absolute Gasteiger partial charge is 0.470 e. The van der Waals surface area contributed by atoms with Gasteiger partial charge < -0.3 is 4.74 Å². The standard InChI is InChI=1S/C18H19ClN2O3S2/c1-13(2)24-18(25-3)20-17(14-7-5-4-6-8-14)21-26(22,23)16-11-9-15(19)10-12-16/h4-13H,1-3H3/b20-18?,21-17+. The Bertz CT molecular complexity index is 894. The number of nitrogens with zero attached hydrogens (tertiary/aromatic N) is 2. The van der Waals surface area contributed by atoms with Gasteiger partial charge in [0.2, 0.25) is 0 Å². The Morgan fingerprint density at radius 2 is 1.69 bits per heavy atom. The summed E-state index contributed by atoms with van der Waals surface area (Å²) in [5, 5.41) is 0.790. The van der Waals surface area contributed by atoms with E-state index in [1.165, 1.54) is 36.0 Å². The maximum atomic E-state index is 12.7. The summed E-state index contributed by atoms with van der Waals surface area (Å²) in [6.07, 6.45) is 1.71. The van der Waals surface area contributed by atoms with Crippen LogP contribution in [0.5, 0.6) is 0 Å². The highest BCUT2D eigenvalue weighted by Gasteiger charge is 2.16. The second kappa shape index (κ2) is 9.21. The highest BCUT2D eigenvalue weighted by atomic mass is 35.5. The molecule has 0 N–H and O–H groups in total. The van der Waals surface area contributed by atoms with E-state index in [-0.39, 0.29) is 16.8 Å². The molecule has 8 heteroatoms. The van der Waals surface area contributed by atoms with Gasteiger partial charge in [-0.1, -0.05) is 53.7 Å². The van der Waals surface area contributed by atoms with Crippen LogP contribution in [0.4, 0.5) is 0 Å². The van der Waals surface area contributed by atoms with Crippen LogP contribution in [0, 0.1) is 0 Å². The molecule has 0 atom stereocenters. The van der Waals surface area contributed by atoms with Gasteiger partial charge in [0.1, 0.15) is 0 Å². The lowest BCUT2D eigenvalue weighted by Gasteiger charge is -2.11. The van der Waals surface area contributed by atoms with Crippen molar-refractivity contribution < 1.29 is 13.2 Å². The van der Waals surface area contributed by atoms with E-state index >= 15 is 0 Å². The van der Waals surface area contributed by atoms with Gasteiger partial charge in [-0.15, -0.1) is 4.40 Å². The summed E-state index contributed by atoms with van der Waals surface area (Å²) < 4.78 is 34.9. The Hall–Kier alpha value is -1.83. The third-order valence-electron chi connectivity index (χ3n) is 3.06. The zero-order chi connectivity index (χ0) is 19.2. The Kier molecular flexibility index (Phi) is 7.25. The summed E-state index contributed by atoms with van der Waals surface area (Å²) >= 11 is 7.11. The topological polar surface area (TPSA) is 68.1 Å². The lowest BCUT2D eigenvalue weighted by atomic mass is 10.2. The number of amidine groups is 1. The molecule has 0 bridgehead atoms. The summed E-state index contributed by atoms with van der Waals surface area (Å²) in [5.74, 6) is 0.0607. The van der Waals surface area contributed by atoms with E-state index < -0.39 is 10.0 Å². The van der Waals surface area contributed by atoms with Gasteiger partial charge in [-0.3, -0.25) is 0 Å². The van der Waals surface area contributed by atoms with Crippen LogP contribution >= 0.6 is 23.4 Å². The predicted octanol–water partition coefficient (Wildman–Crippen LogP) is 4.62. The average Bonchev–Trinajstić information content (AvgIpc) is 2.61. The Morgan fingerprint density at radius 3 is 2.23 bits per heavy atom. The number of ether oxygens (including phenoxy) is 1. The second-order valence-corrected chi connectivity index (χ2v) is 8.26. The van der Waals surface area contributed by atoms with Crippen LogP contribution in [-0.4, -0.2) is 31.8 Å². The van der Waals surface area contributed by atoms with Crippen molar-refractivity contribution in [2.24, 2.45) is 9.39 Å². The number of aliphatic imine (C=N–C) groups is 1. The van der Waals surface area contributed by atoms with Gasteiger partial charge in [0.25, 0.3) is 15.3 Å². The first-order chi connectivity index (χ1) is 12.3. The van der Waals surface area contributed by atoms with E-state index in [4.69, 9.17) is 16.3 Å². The molecule has 0 radical (unpaired) electrons. The van der Waals surface area contributed by atoms with Crippen molar-refractivity contribution in [2.75, 3.05) is 6.26 Å². The molecule has 0 amide bonds. The molecule has 0 aliphatic carbocycles. The molecule has 0 spiro atoms. The van der Waals surface area contributed by atoms with Crippen LogP contribution in [-0.2, 0) is 14.8 Å². The van der Waals surface area contributed by atoms with Gasteiger partial charge in [-0.2, -0.15) is 13.4 Å². The summed E-state index contributed by atoms with van der Waals surface area (Å²) in [7, 11) is -3.95. The van der Waals surface area contributed by atoms with E-state index in [0.29, 0.717) is 15.8 Å². The summed E-state index contributed by atoms with van der Waals surface area (Å²) in [4.78, 5) is 4.38. The predicted molar refractivity (Wildman–Crippen MR) is 109 cm³/mol. The number of benzene rings is 2. The molecule has 0 saturated carbocycles. The van der Waals surface area contributed by atoms with Crippen molar-refractivity contribution in [3.05, 3.63) is 65.2 Å². The molecule has 0 aromatic heterocycles. The van der Waals surface area contributed by atoms with Crippen molar-refractivity contribution in [1.82, 2.24) is 0 Å². The van der Waals surface area contributed by atoms with Gasteiger partial charge in [-0.05, 0) is 44.4 Å². The minimum atomic E-state index is -3.95. The Balaban J connectivity index is 2.54. The third kappa shape index (κ3) is 5.86.